The molecule has 0 atom stereocenters. The van der Waals surface area contributed by atoms with Gasteiger partial charge < -0.3 is 20.9 Å². The lowest BCUT2D eigenvalue weighted by molar-refractivity contribution is 0.100. The van der Waals surface area contributed by atoms with E-state index in [0.29, 0.717) is 18.7 Å². The van der Waals surface area contributed by atoms with Crippen molar-refractivity contribution in [1.82, 2.24) is 29.3 Å². The van der Waals surface area contributed by atoms with E-state index in [2.05, 4.69) is 40.2 Å². The molecule has 2 aromatic heterocycles. The van der Waals surface area contributed by atoms with Crippen molar-refractivity contribution in [3.8, 4) is 11.1 Å². The molecule has 208 valence electrons. The van der Waals surface area contributed by atoms with Crippen LogP contribution >= 0.6 is 0 Å². The molecule has 4 rings (SSSR count). The minimum Gasteiger partial charge on any atom is -0.366 e. The van der Waals surface area contributed by atoms with Crippen LogP contribution in [0.25, 0.3) is 22.0 Å². The van der Waals surface area contributed by atoms with Gasteiger partial charge in [-0.2, -0.15) is 5.10 Å². The molecule has 0 aliphatic carbocycles. The standard InChI is InChI=1S/C27H41N7O3S/c1-4-32(5-2)13-9-29-10-14-33-19-22(17-31-33)21-15-23-25(18-30-26(23)24(16-21)27(28)35)20-7-11-34(12-8-20)38(36,37)6-3/h15-20,29-30H,4-14H2,1-3H3,(H2,28,35). The molecule has 0 spiro atoms. The van der Waals surface area contributed by atoms with Crippen molar-refractivity contribution in [2.45, 2.75) is 46.1 Å². The van der Waals surface area contributed by atoms with E-state index in [4.69, 9.17) is 5.73 Å². The number of carbonyl (C=O) groups is 1. The fraction of sp³-hybridized carbons (Fsp3) is 0.556. The maximum Gasteiger partial charge on any atom is 0.250 e. The van der Waals surface area contributed by atoms with E-state index in [1.807, 2.05) is 29.3 Å². The highest BCUT2D eigenvalue weighted by molar-refractivity contribution is 7.89. The molecule has 1 aliphatic heterocycles. The van der Waals surface area contributed by atoms with Crippen molar-refractivity contribution in [3.05, 3.63) is 41.9 Å². The third kappa shape index (κ3) is 6.28. The lowest BCUT2D eigenvalue weighted by Crippen LogP contribution is -2.38. The molecule has 10 nitrogen and oxygen atoms in total. The number of aromatic nitrogens is 3. The van der Waals surface area contributed by atoms with Gasteiger partial charge in [0.25, 0.3) is 5.91 Å². The number of likely N-dealkylation sites (N-methyl/N-ethyl adjacent to an activating group) is 1. The zero-order valence-corrected chi connectivity index (χ0v) is 23.6. The van der Waals surface area contributed by atoms with Gasteiger partial charge in [-0.15, -0.1) is 0 Å². The Kier molecular flexibility index (Phi) is 9.24. The Labute approximate surface area is 225 Å². The van der Waals surface area contributed by atoms with E-state index in [0.717, 1.165) is 79.7 Å². The maximum absolute atomic E-state index is 12.4. The summed E-state index contributed by atoms with van der Waals surface area (Å²) in [6, 6.07) is 3.91. The predicted molar refractivity (Wildman–Crippen MR) is 152 cm³/mol. The molecule has 0 bridgehead atoms. The van der Waals surface area contributed by atoms with E-state index in [1.54, 1.807) is 11.2 Å². The summed E-state index contributed by atoms with van der Waals surface area (Å²) in [4.78, 5) is 18.0. The fourth-order valence-electron chi connectivity index (χ4n) is 5.31. The topological polar surface area (TPSA) is 129 Å². The molecule has 0 radical (unpaired) electrons. The maximum atomic E-state index is 12.4. The van der Waals surface area contributed by atoms with Gasteiger partial charge in [0.15, 0.2) is 0 Å². The molecule has 38 heavy (non-hydrogen) atoms. The summed E-state index contributed by atoms with van der Waals surface area (Å²) in [5.41, 5.74) is 9.86. The first-order valence-corrected chi connectivity index (χ1v) is 15.3. The first-order valence-electron chi connectivity index (χ1n) is 13.7. The summed E-state index contributed by atoms with van der Waals surface area (Å²) in [7, 11) is -3.18. The second kappa shape index (κ2) is 12.4. The molecular formula is C27H41N7O3S. The summed E-state index contributed by atoms with van der Waals surface area (Å²) < 4.78 is 28.1. The number of sulfonamides is 1. The number of aromatic amines is 1. The zero-order chi connectivity index (χ0) is 27.3. The number of nitrogens with two attached hydrogens (primary N) is 1. The number of primary amides is 1. The van der Waals surface area contributed by atoms with Gasteiger partial charge in [0.2, 0.25) is 10.0 Å². The Morgan fingerprint density at radius 1 is 1.16 bits per heavy atom. The van der Waals surface area contributed by atoms with Crippen LogP contribution in [0.4, 0.5) is 0 Å². The molecule has 0 saturated carbocycles. The van der Waals surface area contributed by atoms with Crippen molar-refractivity contribution in [3.63, 3.8) is 0 Å². The molecule has 1 saturated heterocycles. The normalized spacial score (nSPS) is 15.6. The fourth-order valence-corrected chi connectivity index (χ4v) is 6.44. The number of hydrogen-bond donors (Lipinski definition) is 3. The van der Waals surface area contributed by atoms with Crippen molar-refractivity contribution in [2.24, 2.45) is 5.73 Å². The van der Waals surface area contributed by atoms with Gasteiger partial charge in [0.05, 0.1) is 29.6 Å². The van der Waals surface area contributed by atoms with Crippen molar-refractivity contribution >= 4 is 26.8 Å². The molecule has 0 unspecified atom stereocenters. The Morgan fingerprint density at radius 3 is 2.55 bits per heavy atom. The Hall–Kier alpha value is -2.73. The van der Waals surface area contributed by atoms with Gasteiger partial charge in [-0.05, 0) is 62.0 Å². The van der Waals surface area contributed by atoms with Gasteiger partial charge in [0.1, 0.15) is 0 Å². The number of amides is 1. The van der Waals surface area contributed by atoms with Crippen LogP contribution in [0.2, 0.25) is 0 Å². The monoisotopic (exact) mass is 543 g/mol. The number of carbonyl (C=O) groups excluding carboxylic acids is 1. The molecule has 11 heteroatoms. The summed E-state index contributed by atoms with van der Waals surface area (Å²) in [6.07, 6.45) is 7.24. The van der Waals surface area contributed by atoms with Crippen LogP contribution in [-0.2, 0) is 16.6 Å². The second-order valence-corrected chi connectivity index (χ2v) is 12.2. The highest BCUT2D eigenvalue weighted by atomic mass is 32.2. The molecule has 3 aromatic rings. The molecule has 1 aromatic carbocycles. The van der Waals surface area contributed by atoms with Crippen LogP contribution in [0.1, 0.15) is 55.5 Å². The van der Waals surface area contributed by atoms with E-state index in [-0.39, 0.29) is 11.7 Å². The lowest BCUT2D eigenvalue weighted by Gasteiger charge is -2.31. The summed E-state index contributed by atoms with van der Waals surface area (Å²) in [5.74, 6) is -0.164. The number of fused-ring (bicyclic) bond motifs is 1. The van der Waals surface area contributed by atoms with Crippen molar-refractivity contribution in [2.75, 3.05) is 51.6 Å². The number of piperidine rings is 1. The number of nitrogens with zero attached hydrogens (tertiary/aromatic N) is 4. The Bertz CT molecular complexity index is 1340. The smallest absolute Gasteiger partial charge is 0.250 e. The minimum atomic E-state index is -3.18. The number of rotatable bonds is 13. The number of hydrogen-bond acceptors (Lipinski definition) is 6. The van der Waals surface area contributed by atoms with Gasteiger partial charge >= 0.3 is 0 Å². The second-order valence-electron chi connectivity index (χ2n) is 9.90. The van der Waals surface area contributed by atoms with Crippen molar-refractivity contribution < 1.29 is 13.2 Å². The average molecular weight is 544 g/mol. The molecule has 1 fully saturated rings. The van der Waals surface area contributed by atoms with Crippen LogP contribution in [-0.4, -0.2) is 89.9 Å². The first kappa shape index (κ1) is 28.3. The van der Waals surface area contributed by atoms with E-state index in [1.165, 1.54) is 0 Å². The highest BCUT2D eigenvalue weighted by Gasteiger charge is 2.29. The number of nitrogens with one attached hydrogen (secondary N) is 2. The average Bonchev–Trinajstić information content (AvgIpc) is 3.57. The Morgan fingerprint density at radius 2 is 1.89 bits per heavy atom. The zero-order valence-electron chi connectivity index (χ0n) is 22.7. The lowest BCUT2D eigenvalue weighted by atomic mass is 9.88. The van der Waals surface area contributed by atoms with E-state index >= 15 is 0 Å². The van der Waals surface area contributed by atoms with E-state index in [9.17, 15) is 13.2 Å². The van der Waals surface area contributed by atoms with Crippen LogP contribution in [0.15, 0.2) is 30.7 Å². The third-order valence-electron chi connectivity index (χ3n) is 7.72. The molecule has 1 amide bonds. The highest BCUT2D eigenvalue weighted by Crippen LogP contribution is 2.37. The van der Waals surface area contributed by atoms with E-state index < -0.39 is 15.9 Å². The third-order valence-corrected chi connectivity index (χ3v) is 9.60. The Balaban J connectivity index is 1.50. The number of benzene rings is 1. The SMILES string of the molecule is CCN(CC)CCNCCn1cc(-c2cc(C(N)=O)c3[nH]cc(C4CCN(S(=O)(=O)CC)CC4)c3c2)cn1. The molecule has 4 N–H and O–H groups in total. The minimum absolute atomic E-state index is 0.121. The molecule has 3 heterocycles. The van der Waals surface area contributed by atoms with Crippen LogP contribution in [0.5, 0.6) is 0 Å². The predicted octanol–water partition coefficient (Wildman–Crippen LogP) is 2.59. The molecule has 1 aliphatic rings. The van der Waals surface area contributed by atoms with Crippen LogP contribution < -0.4 is 11.1 Å². The summed E-state index contributed by atoms with van der Waals surface area (Å²) in [5, 5.41) is 8.97. The van der Waals surface area contributed by atoms with Gasteiger partial charge in [0, 0.05) is 56.1 Å². The summed E-state index contributed by atoms with van der Waals surface area (Å²) >= 11 is 0. The van der Waals surface area contributed by atoms with Crippen LogP contribution in [0, 0.1) is 0 Å². The van der Waals surface area contributed by atoms with Crippen molar-refractivity contribution in [1.29, 1.82) is 0 Å². The molecular weight excluding hydrogens is 502 g/mol. The van der Waals surface area contributed by atoms with Gasteiger partial charge in [-0.3, -0.25) is 9.48 Å². The number of H-pyrrole nitrogens is 1. The van der Waals surface area contributed by atoms with Crippen LogP contribution in [0.3, 0.4) is 0 Å². The van der Waals surface area contributed by atoms with Gasteiger partial charge in [-0.1, -0.05) is 13.8 Å². The largest absolute Gasteiger partial charge is 0.366 e. The van der Waals surface area contributed by atoms with Gasteiger partial charge in [-0.25, -0.2) is 12.7 Å². The summed E-state index contributed by atoms with van der Waals surface area (Å²) in [6.45, 7) is 12.7. The first-order chi connectivity index (χ1) is 18.3. The quantitative estimate of drug-likeness (QED) is 0.284.